The molecule has 0 aliphatic carbocycles. The average molecular weight is 551 g/mol. The van der Waals surface area contributed by atoms with E-state index in [9.17, 15) is 4.79 Å². The van der Waals surface area contributed by atoms with Crippen molar-refractivity contribution in [1.82, 2.24) is 0 Å². The minimum absolute atomic E-state index is 0.0840. The van der Waals surface area contributed by atoms with Gasteiger partial charge in [-0.05, 0) is 69.2 Å². The largest absolute Gasteiger partial charge is 0.472 e. The summed E-state index contributed by atoms with van der Waals surface area (Å²) < 4.78 is 16.3. The highest BCUT2D eigenvalue weighted by molar-refractivity contribution is 5.69. The third-order valence-corrected chi connectivity index (χ3v) is 7.60. The monoisotopic (exact) mass is 550 g/mol. The van der Waals surface area contributed by atoms with Crippen molar-refractivity contribution < 1.29 is 18.4 Å². The van der Waals surface area contributed by atoms with Crippen LogP contribution in [0, 0.1) is 5.92 Å². The second kappa shape index (κ2) is 21.1. The molecule has 0 aliphatic rings. The first kappa shape index (κ1) is 33.5. The van der Waals surface area contributed by atoms with Crippen LogP contribution in [0.4, 0.5) is 0 Å². The number of allylic oxidation sites excluding steroid dienone is 3. The predicted octanol–water partition coefficient (Wildman–Crippen LogP) is 11.1. The lowest BCUT2D eigenvalue weighted by Gasteiger charge is -2.16. The second-order valence-corrected chi connectivity index (χ2v) is 11.5. The molecule has 2 aromatic heterocycles. The van der Waals surface area contributed by atoms with Crippen molar-refractivity contribution >= 4 is 12.0 Å². The molecule has 40 heavy (non-hydrogen) atoms. The standard InChI is InChI=1S/C36H54O4/c1-5-30(2)16-12-10-8-6-7-9-11-13-21-36(37)40-35(26-31(3)17-14-19-33-22-24-38-28-33)27-32(4)18-15-20-34-23-25-39-29-34/h14,18-19,22-26,28-30,35H,5-13,15-17,20-21,27H2,1-4H3/b19-14+,31-26+,32-18+. The van der Waals surface area contributed by atoms with Gasteiger partial charge in [-0.25, -0.2) is 0 Å². The predicted molar refractivity (Wildman–Crippen MR) is 167 cm³/mol. The molecule has 0 radical (unpaired) electrons. The van der Waals surface area contributed by atoms with E-state index in [0.717, 1.165) is 50.0 Å². The van der Waals surface area contributed by atoms with Crippen molar-refractivity contribution in [1.29, 1.82) is 0 Å². The van der Waals surface area contributed by atoms with E-state index in [0.29, 0.717) is 6.42 Å². The molecule has 0 aliphatic heterocycles. The van der Waals surface area contributed by atoms with Crippen molar-refractivity contribution in [2.45, 2.75) is 130 Å². The van der Waals surface area contributed by atoms with Gasteiger partial charge in [0.15, 0.2) is 0 Å². The van der Waals surface area contributed by atoms with Crippen LogP contribution in [0.3, 0.4) is 0 Å². The normalized spacial score (nSPS) is 14.1. The molecule has 4 heteroatoms. The molecule has 0 saturated heterocycles. The van der Waals surface area contributed by atoms with Gasteiger partial charge in [0, 0.05) is 18.4 Å². The van der Waals surface area contributed by atoms with Crippen molar-refractivity contribution in [2.24, 2.45) is 5.92 Å². The van der Waals surface area contributed by atoms with Crippen molar-refractivity contribution in [3.63, 3.8) is 0 Å². The molecular formula is C36H54O4. The summed E-state index contributed by atoms with van der Waals surface area (Å²) in [6.45, 7) is 8.87. The summed E-state index contributed by atoms with van der Waals surface area (Å²) in [6.07, 6.45) is 31.7. The van der Waals surface area contributed by atoms with Crippen molar-refractivity contribution in [2.75, 3.05) is 0 Å². The molecule has 0 saturated carbocycles. The first-order chi connectivity index (χ1) is 19.5. The zero-order chi connectivity index (χ0) is 28.8. The molecule has 2 aromatic rings. The van der Waals surface area contributed by atoms with Gasteiger partial charge < -0.3 is 13.6 Å². The lowest BCUT2D eigenvalue weighted by molar-refractivity contribution is -0.147. The van der Waals surface area contributed by atoms with Crippen LogP contribution in [0.2, 0.25) is 0 Å². The molecule has 2 heterocycles. The number of hydrogen-bond donors (Lipinski definition) is 0. The van der Waals surface area contributed by atoms with Gasteiger partial charge in [0.25, 0.3) is 0 Å². The Morgan fingerprint density at radius 2 is 1.62 bits per heavy atom. The molecule has 4 nitrogen and oxygen atoms in total. The summed E-state index contributed by atoms with van der Waals surface area (Å²) in [5.41, 5.74) is 4.68. The molecule has 2 unspecified atom stereocenters. The molecule has 0 spiro atoms. The maximum Gasteiger partial charge on any atom is 0.306 e. The van der Waals surface area contributed by atoms with Crippen LogP contribution in [0.5, 0.6) is 0 Å². The summed E-state index contributed by atoms with van der Waals surface area (Å²) in [5.74, 6) is 0.787. The highest BCUT2D eigenvalue weighted by Crippen LogP contribution is 2.18. The Morgan fingerprint density at radius 1 is 0.925 bits per heavy atom. The minimum Gasteiger partial charge on any atom is -0.472 e. The van der Waals surface area contributed by atoms with Crippen LogP contribution in [-0.2, 0) is 16.0 Å². The summed E-state index contributed by atoms with van der Waals surface area (Å²) in [6, 6.07) is 3.94. The Balaban J connectivity index is 1.74. The van der Waals surface area contributed by atoms with E-state index in [1.165, 1.54) is 68.1 Å². The topological polar surface area (TPSA) is 52.6 Å². The molecule has 0 N–H and O–H groups in total. The highest BCUT2D eigenvalue weighted by Gasteiger charge is 2.13. The van der Waals surface area contributed by atoms with E-state index in [2.05, 4.69) is 52.0 Å². The third kappa shape index (κ3) is 16.4. The first-order valence-electron chi connectivity index (χ1n) is 15.7. The van der Waals surface area contributed by atoms with Gasteiger partial charge in [-0.3, -0.25) is 4.79 Å². The number of ether oxygens (including phenoxy) is 1. The Labute approximate surface area is 244 Å². The molecule has 222 valence electrons. The minimum atomic E-state index is -0.240. The fraction of sp³-hybridized carbons (Fsp3) is 0.583. The van der Waals surface area contributed by atoms with Gasteiger partial charge in [-0.1, -0.05) is 101 Å². The SMILES string of the molecule is CCC(C)CCCCCCCCCCC(=O)OC(/C=C(\C)C/C=C/c1ccoc1)C/C(C)=C/CCc1ccoc1. The van der Waals surface area contributed by atoms with Gasteiger partial charge in [0.2, 0.25) is 0 Å². The number of carbonyl (C=O) groups is 1. The van der Waals surface area contributed by atoms with E-state index in [1.54, 1.807) is 25.1 Å². The zero-order valence-corrected chi connectivity index (χ0v) is 25.7. The summed E-state index contributed by atoms with van der Waals surface area (Å²) in [7, 11) is 0. The van der Waals surface area contributed by atoms with Crippen LogP contribution in [0.1, 0.15) is 129 Å². The lowest BCUT2D eigenvalue weighted by atomic mass is 9.99. The molecule has 0 bridgehead atoms. The fourth-order valence-corrected chi connectivity index (χ4v) is 4.85. The molecule has 2 rings (SSSR count). The van der Waals surface area contributed by atoms with Crippen LogP contribution < -0.4 is 0 Å². The van der Waals surface area contributed by atoms with Gasteiger partial charge >= 0.3 is 5.97 Å². The average Bonchev–Trinajstić information content (AvgIpc) is 3.64. The van der Waals surface area contributed by atoms with E-state index in [1.807, 2.05) is 12.1 Å². The van der Waals surface area contributed by atoms with E-state index in [-0.39, 0.29) is 12.1 Å². The van der Waals surface area contributed by atoms with Gasteiger partial charge in [0.1, 0.15) is 6.10 Å². The smallest absolute Gasteiger partial charge is 0.306 e. The molecule has 0 amide bonds. The number of unbranched alkanes of at least 4 members (excludes halogenated alkanes) is 7. The number of aryl methyl sites for hydroxylation is 1. The maximum atomic E-state index is 12.7. The number of furan rings is 2. The second-order valence-electron chi connectivity index (χ2n) is 11.5. The lowest BCUT2D eigenvalue weighted by Crippen LogP contribution is -2.17. The Kier molecular flexibility index (Phi) is 17.6. The first-order valence-corrected chi connectivity index (χ1v) is 15.7. The number of carbonyl (C=O) groups excluding carboxylic acids is 1. The van der Waals surface area contributed by atoms with E-state index >= 15 is 0 Å². The highest BCUT2D eigenvalue weighted by atomic mass is 16.5. The molecular weight excluding hydrogens is 496 g/mol. The van der Waals surface area contributed by atoms with Crippen LogP contribution >= 0.6 is 0 Å². The Morgan fingerprint density at radius 3 is 2.30 bits per heavy atom. The van der Waals surface area contributed by atoms with Crippen LogP contribution in [0.15, 0.2) is 75.4 Å². The zero-order valence-electron chi connectivity index (χ0n) is 25.7. The summed E-state index contributed by atoms with van der Waals surface area (Å²) in [4.78, 5) is 12.7. The quantitative estimate of drug-likeness (QED) is 0.0831. The Bertz CT molecular complexity index is 978. The number of hydrogen-bond acceptors (Lipinski definition) is 4. The fourth-order valence-electron chi connectivity index (χ4n) is 4.85. The van der Waals surface area contributed by atoms with Gasteiger partial charge in [-0.2, -0.15) is 0 Å². The molecule has 2 atom stereocenters. The van der Waals surface area contributed by atoms with E-state index < -0.39 is 0 Å². The Hall–Kier alpha value is -2.75. The molecule has 0 fully saturated rings. The van der Waals surface area contributed by atoms with Crippen molar-refractivity contribution in [3.05, 3.63) is 77.7 Å². The number of rotatable bonds is 22. The summed E-state index contributed by atoms with van der Waals surface area (Å²) in [5, 5.41) is 0. The number of esters is 1. The van der Waals surface area contributed by atoms with Crippen molar-refractivity contribution in [3.8, 4) is 0 Å². The van der Waals surface area contributed by atoms with Crippen LogP contribution in [0.25, 0.3) is 6.08 Å². The third-order valence-electron chi connectivity index (χ3n) is 7.60. The molecule has 0 aromatic carbocycles. The van der Waals surface area contributed by atoms with Crippen LogP contribution in [-0.4, -0.2) is 12.1 Å². The van der Waals surface area contributed by atoms with Gasteiger partial charge in [-0.15, -0.1) is 0 Å². The maximum absolute atomic E-state index is 12.7. The van der Waals surface area contributed by atoms with E-state index in [4.69, 9.17) is 13.6 Å². The van der Waals surface area contributed by atoms with Gasteiger partial charge in [0.05, 0.1) is 25.1 Å². The summed E-state index contributed by atoms with van der Waals surface area (Å²) >= 11 is 0.